The molecule has 0 spiro atoms. The largest absolute Gasteiger partial charge is 0.496 e. The van der Waals surface area contributed by atoms with Gasteiger partial charge in [-0.15, -0.1) is 0 Å². The zero-order valence-electron chi connectivity index (χ0n) is 18.0. The second-order valence-electron chi connectivity index (χ2n) is 8.25. The van der Waals surface area contributed by atoms with Crippen molar-refractivity contribution >= 4 is 11.7 Å². The minimum absolute atomic E-state index is 0.0586. The Morgan fingerprint density at radius 1 is 1.33 bits per heavy atom. The van der Waals surface area contributed by atoms with Crippen LogP contribution in [0.4, 0.5) is 5.82 Å². The number of likely N-dealkylation sites (N-methyl/N-ethyl adjacent to an activating group) is 1. The zero-order chi connectivity index (χ0) is 21.6. The number of nitrogens with one attached hydrogen (secondary N) is 1. The number of nitrogens with zero attached hydrogens (tertiary/aromatic N) is 4. The van der Waals surface area contributed by atoms with Crippen LogP contribution in [0.1, 0.15) is 12.8 Å². The van der Waals surface area contributed by atoms with Crippen LogP contribution in [0.2, 0.25) is 0 Å². The SMILES string of the molecule is COc1ccccc1-c1ccc(NCC[N+](C)(C)CC(=O)N2CCCC2C#N)nc1. The summed E-state index contributed by atoms with van der Waals surface area (Å²) in [5, 5.41) is 12.5. The van der Waals surface area contributed by atoms with Crippen LogP contribution in [0.15, 0.2) is 42.6 Å². The van der Waals surface area contributed by atoms with Gasteiger partial charge in [0.25, 0.3) is 5.91 Å². The molecule has 7 heteroatoms. The van der Waals surface area contributed by atoms with Crippen LogP contribution >= 0.6 is 0 Å². The maximum absolute atomic E-state index is 12.6. The maximum atomic E-state index is 12.6. The highest BCUT2D eigenvalue weighted by Gasteiger charge is 2.32. The fourth-order valence-corrected chi connectivity index (χ4v) is 3.76. The first-order chi connectivity index (χ1) is 14.4. The lowest BCUT2D eigenvalue weighted by molar-refractivity contribution is -0.881. The molecule has 3 rings (SSSR count). The molecule has 1 amide bonds. The van der Waals surface area contributed by atoms with Gasteiger partial charge in [-0.05, 0) is 31.0 Å². The Bertz CT molecular complexity index is 905. The predicted molar refractivity (Wildman–Crippen MR) is 117 cm³/mol. The lowest BCUT2D eigenvalue weighted by Crippen LogP contribution is -2.51. The van der Waals surface area contributed by atoms with E-state index in [1.54, 1.807) is 12.0 Å². The molecule has 1 aliphatic rings. The fraction of sp³-hybridized carbons (Fsp3) is 0.435. The number of methoxy groups -OCH3 is 1. The van der Waals surface area contributed by atoms with Crippen LogP contribution in [-0.4, -0.2) is 73.7 Å². The van der Waals surface area contributed by atoms with Gasteiger partial charge in [0.05, 0.1) is 40.4 Å². The number of quaternary nitrogens is 1. The summed E-state index contributed by atoms with van der Waals surface area (Å²) in [6, 6.07) is 13.8. The molecule has 1 atom stereocenters. The van der Waals surface area contributed by atoms with Crippen molar-refractivity contribution < 1.29 is 14.0 Å². The van der Waals surface area contributed by atoms with E-state index in [1.807, 2.05) is 56.7 Å². The molecule has 7 nitrogen and oxygen atoms in total. The topological polar surface area (TPSA) is 78.2 Å². The average molecular weight is 409 g/mol. The number of carbonyl (C=O) groups is 1. The molecule has 30 heavy (non-hydrogen) atoms. The van der Waals surface area contributed by atoms with Crippen molar-refractivity contribution in [1.82, 2.24) is 9.88 Å². The minimum atomic E-state index is -0.262. The molecule has 158 valence electrons. The van der Waals surface area contributed by atoms with Crippen molar-refractivity contribution in [3.05, 3.63) is 42.6 Å². The number of rotatable bonds is 8. The molecule has 0 radical (unpaired) electrons. The van der Waals surface area contributed by atoms with Crippen LogP contribution in [0, 0.1) is 11.3 Å². The summed E-state index contributed by atoms with van der Waals surface area (Å²) in [6.07, 6.45) is 3.53. The lowest BCUT2D eigenvalue weighted by atomic mass is 10.1. The fourth-order valence-electron chi connectivity index (χ4n) is 3.76. The van der Waals surface area contributed by atoms with Crippen molar-refractivity contribution in [2.24, 2.45) is 0 Å². The summed E-state index contributed by atoms with van der Waals surface area (Å²) < 4.78 is 5.98. The molecule has 1 saturated heterocycles. The molecule has 0 aliphatic carbocycles. The summed E-state index contributed by atoms with van der Waals surface area (Å²) in [5.74, 6) is 1.67. The highest BCUT2D eigenvalue weighted by atomic mass is 16.5. The third-order valence-electron chi connectivity index (χ3n) is 5.49. The molecule has 2 aromatic rings. The molecule has 1 aromatic heterocycles. The van der Waals surface area contributed by atoms with E-state index in [0.717, 1.165) is 42.1 Å². The highest BCUT2D eigenvalue weighted by molar-refractivity contribution is 5.78. The first kappa shape index (κ1) is 21.6. The number of benzene rings is 1. The third-order valence-corrected chi connectivity index (χ3v) is 5.49. The molecular weight excluding hydrogens is 378 g/mol. The Kier molecular flexibility index (Phi) is 6.91. The van der Waals surface area contributed by atoms with E-state index in [-0.39, 0.29) is 11.9 Å². The van der Waals surface area contributed by atoms with Gasteiger partial charge in [-0.25, -0.2) is 4.98 Å². The number of nitriles is 1. The van der Waals surface area contributed by atoms with Gasteiger partial charge in [-0.3, -0.25) is 4.79 Å². The van der Waals surface area contributed by atoms with Crippen LogP contribution in [0.25, 0.3) is 11.1 Å². The van der Waals surface area contributed by atoms with Crippen LogP contribution < -0.4 is 10.1 Å². The van der Waals surface area contributed by atoms with E-state index >= 15 is 0 Å². The smallest absolute Gasteiger partial charge is 0.278 e. The molecule has 1 aliphatic heterocycles. The number of anilines is 1. The second kappa shape index (κ2) is 9.59. The first-order valence-corrected chi connectivity index (χ1v) is 10.3. The van der Waals surface area contributed by atoms with Crippen molar-refractivity contribution in [3.8, 4) is 22.9 Å². The number of hydrogen-bond acceptors (Lipinski definition) is 5. The van der Waals surface area contributed by atoms with Crippen molar-refractivity contribution in [3.63, 3.8) is 0 Å². The monoisotopic (exact) mass is 408 g/mol. The van der Waals surface area contributed by atoms with E-state index in [4.69, 9.17) is 4.74 Å². The van der Waals surface area contributed by atoms with Gasteiger partial charge in [0.15, 0.2) is 6.54 Å². The van der Waals surface area contributed by atoms with Gasteiger partial charge in [-0.1, -0.05) is 18.2 Å². The Morgan fingerprint density at radius 2 is 2.13 bits per heavy atom. The summed E-state index contributed by atoms with van der Waals surface area (Å²) in [6.45, 7) is 2.55. The van der Waals surface area contributed by atoms with Crippen molar-refractivity contribution in [2.75, 3.05) is 52.7 Å². The summed E-state index contributed by atoms with van der Waals surface area (Å²) in [4.78, 5) is 18.8. The number of para-hydroxylation sites is 1. The van der Waals surface area contributed by atoms with Crippen LogP contribution in [0.3, 0.4) is 0 Å². The normalized spacial score (nSPS) is 16.2. The number of carbonyl (C=O) groups excluding carboxylic acids is 1. The molecule has 2 heterocycles. The van der Waals surface area contributed by atoms with Gasteiger partial charge < -0.3 is 19.4 Å². The maximum Gasteiger partial charge on any atom is 0.278 e. The van der Waals surface area contributed by atoms with E-state index in [2.05, 4.69) is 16.4 Å². The van der Waals surface area contributed by atoms with Gasteiger partial charge in [0.1, 0.15) is 17.6 Å². The third kappa shape index (κ3) is 5.28. The van der Waals surface area contributed by atoms with E-state index < -0.39 is 0 Å². The number of hydrogen-bond donors (Lipinski definition) is 1. The average Bonchev–Trinajstić information content (AvgIpc) is 3.23. The molecule has 0 bridgehead atoms. The van der Waals surface area contributed by atoms with Gasteiger partial charge in [0.2, 0.25) is 0 Å². The van der Waals surface area contributed by atoms with Gasteiger partial charge in [0, 0.05) is 23.9 Å². The zero-order valence-corrected chi connectivity index (χ0v) is 18.0. The molecule has 1 unspecified atom stereocenters. The summed E-state index contributed by atoms with van der Waals surface area (Å²) in [7, 11) is 5.74. The van der Waals surface area contributed by atoms with Crippen LogP contribution in [-0.2, 0) is 4.79 Å². The lowest BCUT2D eigenvalue weighted by Gasteiger charge is -2.31. The number of likely N-dealkylation sites (tertiary alicyclic amines) is 1. The summed E-state index contributed by atoms with van der Waals surface area (Å²) >= 11 is 0. The number of aromatic nitrogens is 1. The Morgan fingerprint density at radius 3 is 2.83 bits per heavy atom. The minimum Gasteiger partial charge on any atom is -0.496 e. The van der Waals surface area contributed by atoms with Gasteiger partial charge >= 0.3 is 0 Å². The van der Waals surface area contributed by atoms with E-state index in [0.29, 0.717) is 24.1 Å². The van der Waals surface area contributed by atoms with Crippen molar-refractivity contribution in [2.45, 2.75) is 18.9 Å². The molecule has 0 saturated carbocycles. The van der Waals surface area contributed by atoms with Crippen LogP contribution in [0.5, 0.6) is 5.75 Å². The van der Waals surface area contributed by atoms with E-state index in [1.165, 1.54) is 0 Å². The standard InChI is InChI=1S/C23H30N5O2/c1-28(2,17-23(29)27-13-6-7-19(27)15-24)14-12-25-22-11-10-18(16-26-22)20-8-4-5-9-21(20)30-3/h4-5,8-11,16,19H,6-7,12-14,17H2,1-3H3,(H,25,26)/q+1. The predicted octanol–water partition coefficient (Wildman–Crippen LogP) is 2.76. The highest BCUT2D eigenvalue weighted by Crippen LogP contribution is 2.29. The number of pyridine rings is 1. The Hall–Kier alpha value is -3.11. The summed E-state index contributed by atoms with van der Waals surface area (Å²) in [5.41, 5.74) is 2.00. The quantitative estimate of drug-likeness (QED) is 0.680. The van der Waals surface area contributed by atoms with Crippen molar-refractivity contribution in [1.29, 1.82) is 5.26 Å². The second-order valence-corrected chi connectivity index (χ2v) is 8.25. The first-order valence-electron chi connectivity index (χ1n) is 10.3. The number of amides is 1. The molecule has 1 N–H and O–H groups in total. The van der Waals surface area contributed by atoms with E-state index in [9.17, 15) is 10.1 Å². The van der Waals surface area contributed by atoms with Gasteiger partial charge in [-0.2, -0.15) is 5.26 Å². The molecule has 1 aromatic carbocycles. The Balaban J connectivity index is 1.52. The molecule has 1 fully saturated rings. The number of ether oxygens (including phenoxy) is 1. The Labute approximate surface area is 178 Å². The molecular formula is C23H30N5O2+.